The average molecular weight is 213 g/mol. The van der Waals surface area contributed by atoms with Crippen LogP contribution in [-0.2, 0) is 12.3 Å². The van der Waals surface area contributed by atoms with Crippen molar-refractivity contribution in [3.8, 4) is 0 Å². The van der Waals surface area contributed by atoms with Crippen LogP contribution in [0.15, 0.2) is 24.3 Å². The summed E-state index contributed by atoms with van der Waals surface area (Å²) in [7, 11) is 0. The van der Waals surface area contributed by atoms with Crippen LogP contribution in [-0.4, -0.2) is 6.54 Å². The molecule has 2 N–H and O–H groups in total. The zero-order valence-electron chi connectivity index (χ0n) is 8.97. The molecule has 0 saturated carbocycles. The highest BCUT2D eigenvalue weighted by Crippen LogP contribution is 2.31. The number of rotatable bonds is 5. The van der Waals surface area contributed by atoms with Crippen molar-refractivity contribution in [2.75, 3.05) is 6.54 Å². The highest BCUT2D eigenvalue weighted by molar-refractivity contribution is 5.25. The number of nitrogens with two attached hydrogens (primary N) is 1. The molecule has 1 aromatic rings. The Bertz CT molecular complexity index is 293. The second-order valence-electron chi connectivity index (χ2n) is 3.65. The zero-order valence-corrected chi connectivity index (χ0v) is 8.97. The Hall–Kier alpha value is -0.960. The summed E-state index contributed by atoms with van der Waals surface area (Å²) in [6.45, 7) is 2.12. The fourth-order valence-corrected chi connectivity index (χ4v) is 1.43. The van der Waals surface area contributed by atoms with Crippen LogP contribution in [0.25, 0.3) is 0 Å². The monoisotopic (exact) mass is 213 g/mol. The molecule has 0 aliphatic rings. The van der Waals surface area contributed by atoms with Crippen LogP contribution in [0.4, 0.5) is 8.78 Å². The van der Waals surface area contributed by atoms with Crippen molar-refractivity contribution in [2.24, 2.45) is 5.73 Å². The molecule has 0 aliphatic carbocycles. The van der Waals surface area contributed by atoms with E-state index in [0.29, 0.717) is 6.54 Å². The van der Waals surface area contributed by atoms with Crippen LogP contribution in [0.3, 0.4) is 0 Å². The van der Waals surface area contributed by atoms with Crippen LogP contribution in [0.5, 0.6) is 0 Å². The molecule has 0 radical (unpaired) electrons. The zero-order chi connectivity index (χ0) is 11.3. The van der Waals surface area contributed by atoms with E-state index in [9.17, 15) is 8.78 Å². The molecule has 0 unspecified atom stereocenters. The normalized spacial score (nSPS) is 11.7. The van der Waals surface area contributed by atoms with Crippen LogP contribution >= 0.6 is 0 Å². The van der Waals surface area contributed by atoms with Crippen molar-refractivity contribution in [1.29, 1.82) is 0 Å². The van der Waals surface area contributed by atoms with E-state index >= 15 is 0 Å². The van der Waals surface area contributed by atoms with E-state index in [1.807, 2.05) is 0 Å². The molecule has 0 aromatic heterocycles. The maximum atomic E-state index is 13.2. The van der Waals surface area contributed by atoms with Crippen molar-refractivity contribution in [3.63, 3.8) is 0 Å². The standard InChI is InChI=1S/C12H17F2N/c1-2-12(13,14)11-7-5-10(6-8-11)4-3-9-15/h5-8H,2-4,9,15H2,1H3. The Morgan fingerprint density at radius 3 is 2.27 bits per heavy atom. The molecule has 0 saturated heterocycles. The molecule has 0 fully saturated rings. The van der Waals surface area contributed by atoms with Crippen LogP contribution < -0.4 is 5.73 Å². The Morgan fingerprint density at radius 2 is 1.80 bits per heavy atom. The highest BCUT2D eigenvalue weighted by Gasteiger charge is 2.28. The van der Waals surface area contributed by atoms with Crippen molar-refractivity contribution < 1.29 is 8.78 Å². The Balaban J connectivity index is 2.72. The van der Waals surface area contributed by atoms with Gasteiger partial charge in [-0.25, -0.2) is 8.78 Å². The second kappa shape index (κ2) is 5.21. The molecule has 0 aliphatic heterocycles. The minimum Gasteiger partial charge on any atom is -0.330 e. The summed E-state index contributed by atoms with van der Waals surface area (Å²) < 4.78 is 26.5. The predicted molar refractivity (Wildman–Crippen MR) is 58.0 cm³/mol. The molecule has 0 spiro atoms. The van der Waals surface area contributed by atoms with Gasteiger partial charge in [-0.1, -0.05) is 31.2 Å². The molecule has 0 amide bonds. The van der Waals surface area contributed by atoms with Gasteiger partial charge in [0.2, 0.25) is 0 Å². The SMILES string of the molecule is CCC(F)(F)c1ccc(CCCN)cc1. The first-order valence-electron chi connectivity index (χ1n) is 5.27. The lowest BCUT2D eigenvalue weighted by atomic mass is 10.0. The molecular weight excluding hydrogens is 196 g/mol. The largest absolute Gasteiger partial charge is 0.330 e. The third-order valence-corrected chi connectivity index (χ3v) is 2.49. The lowest BCUT2D eigenvalue weighted by Gasteiger charge is -2.14. The first-order valence-corrected chi connectivity index (χ1v) is 5.27. The van der Waals surface area contributed by atoms with Gasteiger partial charge in [0.1, 0.15) is 0 Å². The third kappa shape index (κ3) is 3.27. The molecular formula is C12H17F2N. The van der Waals surface area contributed by atoms with Gasteiger partial charge < -0.3 is 5.73 Å². The fourth-order valence-electron chi connectivity index (χ4n) is 1.43. The molecule has 3 heteroatoms. The number of hydrogen-bond acceptors (Lipinski definition) is 1. The summed E-state index contributed by atoms with van der Waals surface area (Å²) in [4.78, 5) is 0. The quantitative estimate of drug-likeness (QED) is 0.799. The van der Waals surface area contributed by atoms with Crippen LogP contribution in [0.2, 0.25) is 0 Å². The number of alkyl halides is 2. The summed E-state index contributed by atoms with van der Waals surface area (Å²) in [5, 5.41) is 0. The summed E-state index contributed by atoms with van der Waals surface area (Å²) in [6.07, 6.45) is 1.59. The minimum atomic E-state index is -2.70. The van der Waals surface area contributed by atoms with Gasteiger partial charge in [-0.2, -0.15) is 0 Å². The lowest BCUT2D eigenvalue weighted by Crippen LogP contribution is -2.11. The highest BCUT2D eigenvalue weighted by atomic mass is 19.3. The molecule has 0 heterocycles. The maximum absolute atomic E-state index is 13.2. The van der Waals surface area contributed by atoms with Gasteiger partial charge in [0.15, 0.2) is 0 Å². The van der Waals surface area contributed by atoms with Gasteiger partial charge in [0.05, 0.1) is 0 Å². The van der Waals surface area contributed by atoms with E-state index < -0.39 is 5.92 Å². The first-order chi connectivity index (χ1) is 7.10. The third-order valence-electron chi connectivity index (χ3n) is 2.49. The van der Waals surface area contributed by atoms with E-state index in [4.69, 9.17) is 5.73 Å². The van der Waals surface area contributed by atoms with Crippen LogP contribution in [0.1, 0.15) is 30.9 Å². The maximum Gasteiger partial charge on any atom is 0.273 e. The molecule has 1 aromatic carbocycles. The van der Waals surface area contributed by atoms with Crippen molar-refractivity contribution in [3.05, 3.63) is 35.4 Å². The molecule has 1 rings (SSSR count). The Kier molecular flexibility index (Phi) is 4.21. The summed E-state index contributed by atoms with van der Waals surface area (Å²) in [6, 6.07) is 6.54. The van der Waals surface area contributed by atoms with E-state index in [1.165, 1.54) is 19.1 Å². The number of halogens is 2. The predicted octanol–water partition coefficient (Wildman–Crippen LogP) is 3.08. The number of benzene rings is 1. The fraction of sp³-hybridized carbons (Fsp3) is 0.500. The van der Waals surface area contributed by atoms with Gasteiger partial charge in [-0.05, 0) is 24.9 Å². The van der Waals surface area contributed by atoms with Crippen molar-refractivity contribution >= 4 is 0 Å². The van der Waals surface area contributed by atoms with Gasteiger partial charge in [-0.3, -0.25) is 0 Å². The van der Waals surface area contributed by atoms with E-state index in [0.717, 1.165) is 18.4 Å². The molecule has 0 atom stereocenters. The van der Waals surface area contributed by atoms with E-state index in [2.05, 4.69) is 0 Å². The van der Waals surface area contributed by atoms with Gasteiger partial charge in [0, 0.05) is 12.0 Å². The smallest absolute Gasteiger partial charge is 0.273 e. The average Bonchev–Trinajstić information content (AvgIpc) is 2.27. The van der Waals surface area contributed by atoms with Crippen molar-refractivity contribution in [1.82, 2.24) is 0 Å². The second-order valence-corrected chi connectivity index (χ2v) is 3.65. The minimum absolute atomic E-state index is 0.0986. The molecule has 84 valence electrons. The van der Waals surface area contributed by atoms with E-state index in [1.54, 1.807) is 12.1 Å². The van der Waals surface area contributed by atoms with Gasteiger partial charge in [0.25, 0.3) is 5.92 Å². The van der Waals surface area contributed by atoms with Gasteiger partial charge >= 0.3 is 0 Å². The number of aryl methyl sites for hydroxylation is 1. The molecule has 1 nitrogen and oxygen atoms in total. The van der Waals surface area contributed by atoms with Crippen molar-refractivity contribution in [2.45, 2.75) is 32.1 Å². The lowest BCUT2D eigenvalue weighted by molar-refractivity contribution is -0.00829. The summed E-state index contributed by atoms with van der Waals surface area (Å²) in [5.41, 5.74) is 6.54. The molecule has 15 heavy (non-hydrogen) atoms. The summed E-state index contributed by atoms with van der Waals surface area (Å²) in [5.74, 6) is -2.70. The molecule has 0 bridgehead atoms. The topological polar surface area (TPSA) is 26.0 Å². The Labute approximate surface area is 89.3 Å². The van der Waals surface area contributed by atoms with Crippen LogP contribution in [0, 0.1) is 0 Å². The summed E-state index contributed by atoms with van der Waals surface area (Å²) >= 11 is 0. The van der Waals surface area contributed by atoms with E-state index in [-0.39, 0.29) is 12.0 Å². The number of hydrogen-bond donors (Lipinski definition) is 1. The first kappa shape index (κ1) is 12.1. The van der Waals surface area contributed by atoms with Gasteiger partial charge in [-0.15, -0.1) is 0 Å². The Morgan fingerprint density at radius 1 is 1.20 bits per heavy atom.